The van der Waals surface area contributed by atoms with Gasteiger partial charge in [-0.15, -0.1) is 5.10 Å². The predicted octanol–water partition coefficient (Wildman–Crippen LogP) is 2.00. The summed E-state index contributed by atoms with van der Waals surface area (Å²) in [5, 5.41) is 8.37. The van der Waals surface area contributed by atoms with E-state index in [-0.39, 0.29) is 11.7 Å². The Morgan fingerprint density at radius 1 is 1.22 bits per heavy atom. The summed E-state index contributed by atoms with van der Waals surface area (Å²) in [5.74, 6) is 1.60. The molecule has 0 aliphatic carbocycles. The van der Waals surface area contributed by atoms with Crippen molar-refractivity contribution in [1.82, 2.24) is 15.2 Å². The van der Waals surface area contributed by atoms with Gasteiger partial charge in [-0.1, -0.05) is 6.07 Å². The van der Waals surface area contributed by atoms with Gasteiger partial charge in [-0.25, -0.2) is 4.98 Å². The Bertz CT molecular complexity index is 656. The number of rotatable bonds is 3. The zero-order chi connectivity index (χ0) is 15.7. The van der Waals surface area contributed by atoms with E-state index in [1.54, 1.807) is 6.20 Å². The average molecular weight is 312 g/mol. The summed E-state index contributed by atoms with van der Waals surface area (Å²) in [6.07, 6.45) is 3.71. The van der Waals surface area contributed by atoms with Crippen molar-refractivity contribution in [1.29, 1.82) is 0 Å². The number of anilines is 1. The van der Waals surface area contributed by atoms with Gasteiger partial charge in [0.15, 0.2) is 5.82 Å². The van der Waals surface area contributed by atoms with Crippen LogP contribution in [0.5, 0.6) is 5.88 Å². The van der Waals surface area contributed by atoms with Crippen LogP contribution in [0.25, 0.3) is 0 Å². The summed E-state index contributed by atoms with van der Waals surface area (Å²) in [6.45, 7) is 4.35. The van der Waals surface area contributed by atoms with E-state index in [0.29, 0.717) is 5.88 Å². The minimum atomic E-state index is -0.121. The van der Waals surface area contributed by atoms with Crippen LogP contribution in [0.3, 0.4) is 0 Å². The summed E-state index contributed by atoms with van der Waals surface area (Å²) in [6, 6.07) is 9.74. The van der Waals surface area contributed by atoms with Crippen molar-refractivity contribution in [3.05, 3.63) is 42.2 Å². The quantitative estimate of drug-likeness (QED) is 0.864. The third kappa shape index (κ3) is 2.99. The molecule has 2 aliphatic rings. The number of aryl methyl sites for hydroxylation is 1. The predicted molar refractivity (Wildman–Crippen MR) is 85.6 cm³/mol. The van der Waals surface area contributed by atoms with Gasteiger partial charge in [-0.05, 0) is 25.1 Å². The number of ether oxygens (including phenoxy) is 2. The van der Waals surface area contributed by atoms with Crippen LogP contribution in [0.15, 0.2) is 36.5 Å². The molecule has 4 heterocycles. The second kappa shape index (κ2) is 5.77. The van der Waals surface area contributed by atoms with Crippen LogP contribution in [-0.2, 0) is 4.74 Å². The number of pyridine rings is 1. The van der Waals surface area contributed by atoms with Crippen LogP contribution >= 0.6 is 0 Å². The second-order valence-corrected chi connectivity index (χ2v) is 6.32. The van der Waals surface area contributed by atoms with E-state index in [2.05, 4.69) is 20.1 Å². The van der Waals surface area contributed by atoms with Crippen LogP contribution in [-0.4, -0.2) is 46.6 Å². The first kappa shape index (κ1) is 14.4. The highest BCUT2D eigenvalue weighted by atomic mass is 16.5. The lowest BCUT2D eigenvalue weighted by molar-refractivity contribution is -0.126. The highest BCUT2D eigenvalue weighted by Gasteiger charge is 2.48. The molecule has 120 valence electrons. The van der Waals surface area contributed by atoms with Crippen LogP contribution in [0.2, 0.25) is 0 Å². The Morgan fingerprint density at radius 3 is 2.87 bits per heavy atom. The van der Waals surface area contributed by atoms with Gasteiger partial charge in [0.2, 0.25) is 5.88 Å². The Kier molecular flexibility index (Phi) is 3.61. The van der Waals surface area contributed by atoms with Crippen molar-refractivity contribution in [2.75, 3.05) is 24.6 Å². The summed E-state index contributed by atoms with van der Waals surface area (Å²) in [4.78, 5) is 6.45. The minimum absolute atomic E-state index is 0.121. The SMILES string of the molecule is Cc1ccc(N2CC3(C[C@H](Oc4ccccn4)CCO3)C2)nn1. The molecule has 2 aromatic rings. The monoisotopic (exact) mass is 312 g/mol. The van der Waals surface area contributed by atoms with E-state index in [4.69, 9.17) is 9.47 Å². The topological polar surface area (TPSA) is 60.4 Å². The fourth-order valence-corrected chi connectivity index (χ4v) is 3.26. The molecule has 0 unspecified atom stereocenters. The maximum Gasteiger partial charge on any atom is 0.213 e. The lowest BCUT2D eigenvalue weighted by Gasteiger charge is -2.53. The first-order valence-corrected chi connectivity index (χ1v) is 7.99. The maximum absolute atomic E-state index is 6.05. The van der Waals surface area contributed by atoms with Crippen molar-refractivity contribution < 1.29 is 9.47 Å². The van der Waals surface area contributed by atoms with E-state index in [1.807, 2.05) is 37.3 Å². The molecule has 6 heteroatoms. The van der Waals surface area contributed by atoms with Gasteiger partial charge in [0.1, 0.15) is 11.7 Å². The highest BCUT2D eigenvalue weighted by Crippen LogP contribution is 2.37. The third-order valence-corrected chi connectivity index (χ3v) is 4.44. The zero-order valence-electron chi connectivity index (χ0n) is 13.2. The summed E-state index contributed by atoms with van der Waals surface area (Å²) in [7, 11) is 0. The Balaban J connectivity index is 1.38. The Morgan fingerprint density at radius 2 is 2.13 bits per heavy atom. The van der Waals surface area contributed by atoms with Crippen LogP contribution in [0.4, 0.5) is 5.82 Å². The smallest absolute Gasteiger partial charge is 0.213 e. The first-order chi connectivity index (χ1) is 11.2. The molecule has 23 heavy (non-hydrogen) atoms. The van der Waals surface area contributed by atoms with Crippen LogP contribution in [0, 0.1) is 6.92 Å². The fourth-order valence-electron chi connectivity index (χ4n) is 3.26. The standard InChI is InChI=1S/C17H20N4O2/c1-13-5-6-15(20-19-13)21-11-17(12-21)10-14(7-9-22-17)23-16-4-2-3-8-18-16/h2-6,8,14H,7,9-12H2,1H3/t14-/m1/s1. The van der Waals surface area contributed by atoms with Crippen LogP contribution < -0.4 is 9.64 Å². The van der Waals surface area contributed by atoms with E-state index in [9.17, 15) is 0 Å². The van der Waals surface area contributed by atoms with E-state index in [0.717, 1.165) is 44.0 Å². The van der Waals surface area contributed by atoms with Gasteiger partial charge >= 0.3 is 0 Å². The molecule has 0 amide bonds. The largest absolute Gasteiger partial charge is 0.474 e. The van der Waals surface area contributed by atoms with Crippen molar-refractivity contribution in [3.8, 4) is 5.88 Å². The number of hydrogen-bond acceptors (Lipinski definition) is 6. The van der Waals surface area contributed by atoms with E-state index in [1.165, 1.54) is 0 Å². The number of hydrogen-bond donors (Lipinski definition) is 0. The molecule has 2 fully saturated rings. The number of nitrogens with zero attached hydrogens (tertiary/aromatic N) is 4. The third-order valence-electron chi connectivity index (χ3n) is 4.44. The van der Waals surface area contributed by atoms with Crippen LogP contribution in [0.1, 0.15) is 18.5 Å². The van der Waals surface area contributed by atoms with Gasteiger partial charge in [0.25, 0.3) is 0 Å². The van der Waals surface area contributed by atoms with Gasteiger partial charge in [0.05, 0.1) is 25.4 Å². The minimum Gasteiger partial charge on any atom is -0.474 e. The van der Waals surface area contributed by atoms with Crippen molar-refractivity contribution in [2.45, 2.75) is 31.5 Å². The molecular weight excluding hydrogens is 292 g/mol. The first-order valence-electron chi connectivity index (χ1n) is 7.99. The summed E-state index contributed by atoms with van der Waals surface area (Å²) < 4.78 is 12.1. The zero-order valence-corrected chi connectivity index (χ0v) is 13.2. The molecule has 2 aromatic heterocycles. The second-order valence-electron chi connectivity index (χ2n) is 6.32. The molecule has 0 aromatic carbocycles. The van der Waals surface area contributed by atoms with Gasteiger partial charge < -0.3 is 14.4 Å². The van der Waals surface area contributed by atoms with Crippen molar-refractivity contribution in [2.24, 2.45) is 0 Å². The molecule has 0 bridgehead atoms. The number of aromatic nitrogens is 3. The Hall–Kier alpha value is -2.21. The molecule has 1 spiro atoms. The molecule has 2 aliphatic heterocycles. The van der Waals surface area contributed by atoms with E-state index < -0.39 is 0 Å². The molecule has 6 nitrogen and oxygen atoms in total. The molecular formula is C17H20N4O2. The fraction of sp³-hybridized carbons (Fsp3) is 0.471. The molecule has 4 rings (SSSR count). The molecule has 0 radical (unpaired) electrons. The molecule has 0 N–H and O–H groups in total. The molecule has 1 atom stereocenters. The lowest BCUT2D eigenvalue weighted by Crippen LogP contribution is -2.66. The maximum atomic E-state index is 6.05. The van der Waals surface area contributed by atoms with Crippen molar-refractivity contribution in [3.63, 3.8) is 0 Å². The summed E-state index contributed by atoms with van der Waals surface area (Å²) >= 11 is 0. The molecule has 2 saturated heterocycles. The normalized spacial score (nSPS) is 22.7. The van der Waals surface area contributed by atoms with Gasteiger partial charge in [0, 0.05) is 25.1 Å². The van der Waals surface area contributed by atoms with Crippen molar-refractivity contribution >= 4 is 5.82 Å². The highest BCUT2D eigenvalue weighted by molar-refractivity contribution is 5.43. The van der Waals surface area contributed by atoms with E-state index >= 15 is 0 Å². The summed E-state index contributed by atoms with van der Waals surface area (Å²) in [5.41, 5.74) is 0.811. The van der Waals surface area contributed by atoms with Gasteiger partial charge in [-0.2, -0.15) is 5.10 Å². The average Bonchev–Trinajstić information content (AvgIpc) is 2.55. The lowest BCUT2D eigenvalue weighted by atomic mass is 9.84. The Labute approximate surface area is 135 Å². The molecule has 0 saturated carbocycles. The van der Waals surface area contributed by atoms with Gasteiger partial charge in [-0.3, -0.25) is 0 Å².